The van der Waals surface area contributed by atoms with Crippen molar-refractivity contribution in [2.24, 2.45) is 11.8 Å². The number of benzene rings is 11. The van der Waals surface area contributed by atoms with Gasteiger partial charge in [0.25, 0.3) is 0 Å². The van der Waals surface area contributed by atoms with Crippen molar-refractivity contribution in [2.45, 2.75) is 26.2 Å². The third-order valence-electron chi connectivity index (χ3n) is 14.6. The molecule has 11 rings (SSSR count). The molecule has 72 heavy (non-hydrogen) atoms. The lowest BCUT2D eigenvalue weighted by Crippen LogP contribution is -2.26. The Hall–Kier alpha value is -8.02. The molecule has 4 heteroatoms. The monoisotopic (exact) mass is 938 g/mol. The van der Waals surface area contributed by atoms with Crippen LogP contribution < -0.4 is 9.47 Å². The zero-order valence-corrected chi connectivity index (χ0v) is 41.1. The van der Waals surface area contributed by atoms with Crippen LogP contribution in [0.3, 0.4) is 0 Å². The summed E-state index contributed by atoms with van der Waals surface area (Å²) in [4.78, 5) is 0. The molecule has 0 saturated heterocycles. The molecule has 0 aliphatic heterocycles. The fourth-order valence-electron chi connectivity index (χ4n) is 10.3. The van der Waals surface area contributed by atoms with Crippen LogP contribution in [0.15, 0.2) is 224 Å². The molecule has 11 aromatic rings. The number of hydrogen-bond acceptors (Lipinski definition) is 4. The second-order valence-electron chi connectivity index (χ2n) is 19.7. The van der Waals surface area contributed by atoms with Crippen LogP contribution in [0.1, 0.15) is 37.5 Å². The lowest BCUT2D eigenvalue weighted by Gasteiger charge is -2.35. The lowest BCUT2D eigenvalue weighted by atomic mass is 9.68. The number of aliphatic hydroxyl groups is 2. The number of fused-ring (bicyclic) bond motifs is 4. The molecule has 4 nitrogen and oxygen atoms in total. The van der Waals surface area contributed by atoms with Crippen molar-refractivity contribution in [1.29, 1.82) is 0 Å². The van der Waals surface area contributed by atoms with Crippen LogP contribution >= 0.6 is 0 Å². The van der Waals surface area contributed by atoms with Crippen molar-refractivity contribution >= 4 is 43.1 Å². The van der Waals surface area contributed by atoms with Gasteiger partial charge in [-0.2, -0.15) is 0 Å². The summed E-state index contributed by atoms with van der Waals surface area (Å²) in [6.45, 7) is 7.10. The van der Waals surface area contributed by atoms with Gasteiger partial charge >= 0.3 is 0 Å². The van der Waals surface area contributed by atoms with Gasteiger partial charge in [0.1, 0.15) is 11.5 Å². The molecule has 0 aliphatic carbocycles. The molecule has 0 aliphatic rings. The zero-order valence-electron chi connectivity index (χ0n) is 41.1. The Labute approximate surface area is 422 Å². The first-order valence-electron chi connectivity index (χ1n) is 25.1. The quantitative estimate of drug-likeness (QED) is 0.101. The van der Waals surface area contributed by atoms with Crippen molar-refractivity contribution < 1.29 is 19.7 Å². The summed E-state index contributed by atoms with van der Waals surface area (Å²) in [5.41, 5.74) is 10.5. The molecule has 11 aromatic carbocycles. The third kappa shape index (κ3) is 9.01. The van der Waals surface area contributed by atoms with Gasteiger partial charge in [0.15, 0.2) is 0 Å². The average Bonchev–Trinajstić information content (AvgIpc) is 3.44. The van der Waals surface area contributed by atoms with E-state index in [2.05, 4.69) is 231 Å². The highest BCUT2D eigenvalue weighted by Gasteiger charge is 2.36. The minimum Gasteiger partial charge on any atom is -0.492 e. The second-order valence-corrected chi connectivity index (χ2v) is 19.7. The second kappa shape index (κ2) is 20.0. The number of ether oxygens (including phenoxy) is 2. The molecule has 0 aromatic heterocycles. The topological polar surface area (TPSA) is 58.9 Å². The van der Waals surface area contributed by atoms with E-state index in [-0.39, 0.29) is 25.0 Å². The highest BCUT2D eigenvalue weighted by Crippen LogP contribution is 2.51. The van der Waals surface area contributed by atoms with Crippen LogP contribution in [-0.2, 0) is 5.41 Å². The van der Waals surface area contributed by atoms with Gasteiger partial charge in [-0.15, -0.1) is 0 Å². The van der Waals surface area contributed by atoms with E-state index in [0.717, 1.165) is 116 Å². The number of hydrogen-bond donors (Lipinski definition) is 2. The van der Waals surface area contributed by atoms with Crippen LogP contribution in [0.5, 0.6) is 11.5 Å². The normalized spacial score (nSPS) is 13.3. The molecule has 2 N–H and O–H groups in total. The molecule has 0 spiro atoms. The van der Waals surface area contributed by atoms with Crippen molar-refractivity contribution in [3.63, 3.8) is 0 Å². The van der Waals surface area contributed by atoms with E-state index in [0.29, 0.717) is 13.2 Å². The summed E-state index contributed by atoms with van der Waals surface area (Å²) in [5, 5.41) is 29.9. The summed E-state index contributed by atoms with van der Waals surface area (Å²) >= 11 is 0. The Bertz CT molecular complexity index is 3320. The van der Waals surface area contributed by atoms with Crippen LogP contribution in [0, 0.1) is 11.8 Å². The van der Waals surface area contributed by atoms with Crippen molar-refractivity contribution in [1.82, 2.24) is 0 Å². The SMILES string of the molecule is CC(CO)COc1c(-c2ccc3ccccc3c2)cc(C(C)(c2ccccc2)c2cc(-c3ccc4ccccc4c3)c(OCC(C)CO)c(-c3ccc4ccccc4c3)c2)cc1-c1ccc2ccccc2c1. The Morgan fingerprint density at radius 2 is 0.611 bits per heavy atom. The van der Waals surface area contributed by atoms with Crippen LogP contribution in [0.2, 0.25) is 0 Å². The maximum Gasteiger partial charge on any atom is 0.134 e. The molecule has 2 atom stereocenters. The molecular formula is C68H58O4. The molecule has 354 valence electrons. The lowest BCUT2D eigenvalue weighted by molar-refractivity contribution is 0.175. The van der Waals surface area contributed by atoms with Gasteiger partial charge in [0.2, 0.25) is 0 Å². The Morgan fingerprint density at radius 3 is 0.903 bits per heavy atom. The average molecular weight is 939 g/mol. The van der Waals surface area contributed by atoms with E-state index in [9.17, 15) is 10.2 Å². The van der Waals surface area contributed by atoms with E-state index in [1.807, 2.05) is 13.8 Å². The summed E-state index contributed by atoms with van der Waals surface area (Å²) in [6.07, 6.45) is 0. The minimum atomic E-state index is -0.774. The van der Waals surface area contributed by atoms with Crippen LogP contribution in [0.25, 0.3) is 87.6 Å². The summed E-state index contributed by atoms with van der Waals surface area (Å²) in [7, 11) is 0. The maximum absolute atomic E-state index is 10.3. The summed E-state index contributed by atoms with van der Waals surface area (Å²) < 4.78 is 14.1. The molecule has 2 unspecified atom stereocenters. The number of aliphatic hydroxyl groups excluding tert-OH is 2. The van der Waals surface area contributed by atoms with Gasteiger partial charge in [0, 0.05) is 52.7 Å². The largest absolute Gasteiger partial charge is 0.492 e. The molecule has 0 radical (unpaired) electrons. The molecule has 0 fully saturated rings. The van der Waals surface area contributed by atoms with Crippen molar-refractivity contribution in [2.75, 3.05) is 26.4 Å². The third-order valence-corrected chi connectivity index (χ3v) is 14.6. The predicted octanol–water partition coefficient (Wildman–Crippen LogP) is 16.3. The molecule has 0 saturated carbocycles. The predicted molar refractivity (Wildman–Crippen MR) is 300 cm³/mol. The van der Waals surface area contributed by atoms with Gasteiger partial charge in [-0.25, -0.2) is 0 Å². The van der Waals surface area contributed by atoms with Gasteiger partial charge in [0.05, 0.1) is 13.2 Å². The zero-order chi connectivity index (χ0) is 49.2. The standard InChI is InChI=1S/C68H58O4/c1-45(41-69)43-71-66-62(55-29-25-47-15-7-11-19-51(47)33-55)37-60(38-63(66)56-30-26-48-16-8-12-20-52(48)34-56)68(3,59-23-5-4-6-24-59)61-39-64(57-31-27-49-17-9-13-21-53(49)35-57)67(72-44-46(2)42-70)65(40-61)58-32-28-50-18-10-14-22-54(50)36-58/h4-40,45-46,69-70H,41-44H2,1-3H3. The molecular weight excluding hydrogens is 881 g/mol. The Kier molecular flexibility index (Phi) is 12.9. The van der Waals surface area contributed by atoms with Crippen LogP contribution in [-0.4, -0.2) is 36.6 Å². The van der Waals surface area contributed by atoms with E-state index < -0.39 is 5.41 Å². The highest BCUT2D eigenvalue weighted by molar-refractivity contribution is 5.96. The Balaban J connectivity index is 1.25. The van der Waals surface area contributed by atoms with Gasteiger partial charge < -0.3 is 19.7 Å². The van der Waals surface area contributed by atoms with Gasteiger partial charge in [-0.3, -0.25) is 0 Å². The Morgan fingerprint density at radius 1 is 0.333 bits per heavy atom. The first kappa shape index (κ1) is 46.4. The van der Waals surface area contributed by atoms with Gasteiger partial charge in [-0.1, -0.05) is 190 Å². The van der Waals surface area contributed by atoms with E-state index in [4.69, 9.17) is 9.47 Å². The van der Waals surface area contributed by atoms with Gasteiger partial charge in [-0.05, 0) is 137 Å². The molecule has 0 heterocycles. The fourth-order valence-corrected chi connectivity index (χ4v) is 10.3. The van der Waals surface area contributed by atoms with E-state index in [1.54, 1.807) is 0 Å². The van der Waals surface area contributed by atoms with Crippen LogP contribution in [0.4, 0.5) is 0 Å². The smallest absolute Gasteiger partial charge is 0.134 e. The summed E-state index contributed by atoms with van der Waals surface area (Å²) in [5.74, 6) is 1.37. The summed E-state index contributed by atoms with van der Waals surface area (Å²) in [6, 6.07) is 81.0. The highest BCUT2D eigenvalue weighted by atomic mass is 16.5. The fraction of sp³-hybridized carbons (Fsp3) is 0.147. The van der Waals surface area contributed by atoms with Crippen molar-refractivity contribution in [3.05, 3.63) is 241 Å². The number of rotatable bonds is 15. The van der Waals surface area contributed by atoms with E-state index in [1.165, 1.54) is 0 Å². The van der Waals surface area contributed by atoms with Crippen molar-refractivity contribution in [3.8, 4) is 56.0 Å². The maximum atomic E-state index is 10.3. The van der Waals surface area contributed by atoms with E-state index >= 15 is 0 Å². The first-order valence-corrected chi connectivity index (χ1v) is 25.1. The molecule has 0 bridgehead atoms. The minimum absolute atomic E-state index is 0.0124. The first-order chi connectivity index (χ1) is 35.3. The molecule has 0 amide bonds.